The highest BCUT2D eigenvalue weighted by Gasteiger charge is 2.28. The van der Waals surface area contributed by atoms with Gasteiger partial charge in [-0.2, -0.15) is 0 Å². The summed E-state index contributed by atoms with van der Waals surface area (Å²) < 4.78 is 16.4. The van der Waals surface area contributed by atoms with Gasteiger partial charge < -0.3 is 24.6 Å². The van der Waals surface area contributed by atoms with Crippen LogP contribution in [-0.4, -0.2) is 41.3 Å². The second-order valence-electron chi connectivity index (χ2n) is 8.94. The van der Waals surface area contributed by atoms with Crippen LogP contribution in [0.3, 0.4) is 0 Å². The van der Waals surface area contributed by atoms with E-state index in [1.807, 2.05) is 30.3 Å². The molecule has 0 spiro atoms. The third-order valence-corrected chi connectivity index (χ3v) is 6.74. The maximum atomic E-state index is 12.8. The summed E-state index contributed by atoms with van der Waals surface area (Å²) in [6.45, 7) is 1.05. The number of aliphatic hydroxyl groups is 1. The van der Waals surface area contributed by atoms with Crippen molar-refractivity contribution in [1.29, 1.82) is 0 Å². The van der Waals surface area contributed by atoms with Crippen LogP contribution < -0.4 is 19.5 Å². The molecule has 8 heteroatoms. The third kappa shape index (κ3) is 4.77. The van der Waals surface area contributed by atoms with E-state index in [1.54, 1.807) is 19.4 Å². The highest BCUT2D eigenvalue weighted by atomic mass is 16.6. The summed E-state index contributed by atoms with van der Waals surface area (Å²) in [6.07, 6.45) is 5.10. The molecule has 1 fully saturated rings. The first-order valence-corrected chi connectivity index (χ1v) is 11.8. The summed E-state index contributed by atoms with van der Waals surface area (Å²) in [4.78, 5) is 21.7. The Hall–Kier alpha value is -3.39. The topological polar surface area (TPSA) is 103 Å². The van der Waals surface area contributed by atoms with Crippen LogP contribution in [0.15, 0.2) is 42.6 Å². The Bertz CT molecular complexity index is 1180. The van der Waals surface area contributed by atoms with Crippen LogP contribution in [0.4, 0.5) is 5.69 Å². The maximum absolute atomic E-state index is 12.8. The number of benzene rings is 1. The molecule has 1 saturated carbocycles. The van der Waals surface area contributed by atoms with Crippen molar-refractivity contribution in [2.75, 3.05) is 25.6 Å². The fourth-order valence-corrected chi connectivity index (χ4v) is 4.88. The van der Waals surface area contributed by atoms with Crippen molar-refractivity contribution >= 4 is 22.6 Å². The normalized spacial score (nSPS) is 20.5. The lowest BCUT2D eigenvalue weighted by atomic mass is 9.78. The fraction of sp³-hybridized carbons (Fsp3) is 0.423. The number of nitrogens with one attached hydrogen (secondary N) is 1. The number of aliphatic hydroxyl groups excluding tert-OH is 1. The van der Waals surface area contributed by atoms with Crippen molar-refractivity contribution in [3.05, 3.63) is 48.2 Å². The van der Waals surface area contributed by atoms with Crippen molar-refractivity contribution in [3.8, 4) is 17.4 Å². The minimum Gasteiger partial charge on any atom is -0.486 e. The number of pyridine rings is 2. The predicted molar refractivity (Wildman–Crippen MR) is 127 cm³/mol. The van der Waals surface area contributed by atoms with E-state index in [2.05, 4.69) is 15.3 Å². The van der Waals surface area contributed by atoms with Crippen molar-refractivity contribution < 1.29 is 24.1 Å². The van der Waals surface area contributed by atoms with Gasteiger partial charge in [-0.05, 0) is 62.3 Å². The maximum Gasteiger partial charge on any atom is 0.227 e. The van der Waals surface area contributed by atoms with Gasteiger partial charge in [0.2, 0.25) is 11.8 Å². The van der Waals surface area contributed by atoms with E-state index >= 15 is 0 Å². The average Bonchev–Trinajstić information content (AvgIpc) is 2.88. The molecule has 178 valence electrons. The molecule has 1 amide bonds. The van der Waals surface area contributed by atoms with E-state index in [0.717, 1.165) is 42.5 Å². The molecule has 0 saturated heterocycles. The Balaban J connectivity index is 1.17. The number of amides is 1. The number of aromatic nitrogens is 2. The van der Waals surface area contributed by atoms with Crippen molar-refractivity contribution in [3.63, 3.8) is 0 Å². The summed E-state index contributed by atoms with van der Waals surface area (Å²) >= 11 is 0. The number of methoxy groups -OCH3 is 1. The van der Waals surface area contributed by atoms with Crippen LogP contribution >= 0.6 is 0 Å². The molecular formula is C26H29N3O5. The van der Waals surface area contributed by atoms with Crippen LogP contribution in [0.5, 0.6) is 17.4 Å². The monoisotopic (exact) mass is 463 g/mol. The van der Waals surface area contributed by atoms with Gasteiger partial charge in [-0.3, -0.25) is 9.78 Å². The van der Waals surface area contributed by atoms with Gasteiger partial charge in [0.1, 0.15) is 13.2 Å². The Morgan fingerprint density at radius 2 is 1.91 bits per heavy atom. The number of hydrogen-bond donors (Lipinski definition) is 2. The molecule has 3 aromatic rings. The zero-order valence-electron chi connectivity index (χ0n) is 19.2. The molecule has 3 heterocycles. The molecule has 8 nitrogen and oxygen atoms in total. The van der Waals surface area contributed by atoms with Gasteiger partial charge in [-0.1, -0.05) is 0 Å². The first kappa shape index (κ1) is 22.4. The summed E-state index contributed by atoms with van der Waals surface area (Å²) in [5, 5.41) is 14.0. The number of hydrogen-bond acceptors (Lipinski definition) is 7. The molecule has 34 heavy (non-hydrogen) atoms. The molecule has 2 aliphatic rings. The van der Waals surface area contributed by atoms with Crippen LogP contribution in [0, 0.1) is 11.8 Å². The molecule has 0 radical (unpaired) electrons. The number of carbonyl (C=O) groups is 1. The Labute approximate surface area is 198 Å². The van der Waals surface area contributed by atoms with E-state index in [4.69, 9.17) is 14.2 Å². The summed E-state index contributed by atoms with van der Waals surface area (Å²) in [5.41, 5.74) is 2.89. The van der Waals surface area contributed by atoms with Gasteiger partial charge in [0, 0.05) is 35.5 Å². The van der Waals surface area contributed by atoms with Gasteiger partial charge in [0.25, 0.3) is 0 Å². The Morgan fingerprint density at radius 1 is 1.12 bits per heavy atom. The quantitative estimate of drug-likeness (QED) is 0.562. The van der Waals surface area contributed by atoms with Crippen LogP contribution in [0.25, 0.3) is 11.0 Å². The highest BCUT2D eigenvalue weighted by Crippen LogP contribution is 2.37. The first-order valence-electron chi connectivity index (χ1n) is 11.8. The average molecular weight is 464 g/mol. The Kier molecular flexibility index (Phi) is 6.49. The minimum absolute atomic E-state index is 0.0331. The van der Waals surface area contributed by atoms with Crippen LogP contribution in [-0.2, 0) is 4.79 Å². The lowest BCUT2D eigenvalue weighted by Crippen LogP contribution is -2.27. The molecule has 2 N–H and O–H groups in total. The molecule has 2 aromatic heterocycles. The molecule has 1 unspecified atom stereocenters. The highest BCUT2D eigenvalue weighted by molar-refractivity contribution is 5.93. The van der Waals surface area contributed by atoms with E-state index < -0.39 is 6.10 Å². The number of carbonyl (C=O) groups excluding carboxylic acids is 1. The predicted octanol–water partition coefficient (Wildman–Crippen LogP) is 4.28. The number of nitrogens with zero attached hydrogens (tertiary/aromatic N) is 2. The number of fused-ring (bicyclic) bond motifs is 2. The molecule has 1 atom stereocenters. The number of anilines is 1. The number of rotatable bonds is 6. The largest absolute Gasteiger partial charge is 0.486 e. The number of ether oxygens (including phenoxy) is 3. The van der Waals surface area contributed by atoms with Crippen molar-refractivity contribution in [2.24, 2.45) is 11.8 Å². The lowest BCUT2D eigenvalue weighted by molar-refractivity contribution is -0.121. The van der Waals surface area contributed by atoms with Crippen molar-refractivity contribution in [1.82, 2.24) is 9.97 Å². The summed E-state index contributed by atoms with van der Waals surface area (Å²) in [5.74, 6) is 2.22. The first-order chi connectivity index (χ1) is 16.6. The Morgan fingerprint density at radius 3 is 2.71 bits per heavy atom. The molecular weight excluding hydrogens is 434 g/mol. The molecule has 1 aliphatic heterocycles. The summed E-state index contributed by atoms with van der Waals surface area (Å²) in [6, 6.07) is 10.9. The molecule has 1 aromatic carbocycles. The lowest BCUT2D eigenvalue weighted by Gasteiger charge is -2.29. The zero-order chi connectivity index (χ0) is 23.5. The van der Waals surface area contributed by atoms with Gasteiger partial charge in [0.15, 0.2) is 11.5 Å². The smallest absolute Gasteiger partial charge is 0.227 e. The van der Waals surface area contributed by atoms with Crippen LogP contribution in [0.1, 0.15) is 43.8 Å². The fourth-order valence-electron chi connectivity index (χ4n) is 4.88. The standard InChI is InChI=1S/C26H29N3O5/c1-32-24-9-7-20-25(29-24)19(10-11-27-20)21(30)14-16-2-4-17(5-3-16)26(31)28-18-6-8-22-23(15-18)34-13-12-33-22/h6-11,15-17,21,30H,2-5,12-14H2,1H3,(H,28,31)/t16-,17-,21?. The van der Waals surface area contributed by atoms with E-state index in [9.17, 15) is 9.90 Å². The van der Waals surface area contributed by atoms with Gasteiger partial charge in [0.05, 0.1) is 24.2 Å². The van der Waals surface area contributed by atoms with Crippen LogP contribution in [0.2, 0.25) is 0 Å². The van der Waals surface area contributed by atoms with Gasteiger partial charge >= 0.3 is 0 Å². The van der Waals surface area contributed by atoms with Gasteiger partial charge in [-0.25, -0.2) is 4.98 Å². The van der Waals surface area contributed by atoms with E-state index in [-0.39, 0.29) is 11.8 Å². The molecule has 1 aliphatic carbocycles. The SMILES string of the molecule is COc1ccc2nccc(C(O)C[C@H]3CC[C@H](C(=O)Nc4ccc5c(c4)OCCO5)CC3)c2n1. The zero-order valence-corrected chi connectivity index (χ0v) is 19.2. The third-order valence-electron chi connectivity index (χ3n) is 6.74. The second kappa shape index (κ2) is 9.85. The minimum atomic E-state index is -0.641. The van der Waals surface area contributed by atoms with E-state index in [1.165, 1.54) is 0 Å². The second-order valence-corrected chi connectivity index (χ2v) is 8.94. The molecule has 5 rings (SSSR count). The molecule has 0 bridgehead atoms. The van der Waals surface area contributed by atoms with Crippen molar-refractivity contribution in [2.45, 2.75) is 38.2 Å². The summed E-state index contributed by atoms with van der Waals surface area (Å²) in [7, 11) is 1.57. The van der Waals surface area contributed by atoms with E-state index in [0.29, 0.717) is 48.4 Å². The van der Waals surface area contributed by atoms with Gasteiger partial charge in [-0.15, -0.1) is 0 Å².